The van der Waals surface area contributed by atoms with Crippen LogP contribution in [0.4, 0.5) is 11.6 Å². The van der Waals surface area contributed by atoms with E-state index in [2.05, 4.69) is 59.4 Å². The Labute approximate surface area is 259 Å². The number of likely N-dealkylation sites (tertiary alicyclic amines) is 1. The molecular weight excluding hydrogens is 564 g/mol. The second kappa shape index (κ2) is 12.1. The Hall–Kier alpha value is -5.80. The maximum Gasteiger partial charge on any atom is 0.234 e. The van der Waals surface area contributed by atoms with Gasteiger partial charge in [-0.25, -0.2) is 24.9 Å². The predicted octanol–water partition coefficient (Wildman–Crippen LogP) is 4.57. The molecule has 1 aliphatic rings. The molecule has 1 aliphatic heterocycles. The molecular formula is C33H30N12. The van der Waals surface area contributed by atoms with E-state index in [-0.39, 0.29) is 5.82 Å². The monoisotopic (exact) mass is 594 g/mol. The van der Waals surface area contributed by atoms with Crippen LogP contribution in [0.3, 0.4) is 0 Å². The Balaban J connectivity index is 1.13. The van der Waals surface area contributed by atoms with Crippen molar-refractivity contribution >= 4 is 22.8 Å². The van der Waals surface area contributed by atoms with Crippen LogP contribution in [0.2, 0.25) is 0 Å². The first-order chi connectivity index (χ1) is 22.0. The van der Waals surface area contributed by atoms with Crippen LogP contribution in [0.1, 0.15) is 29.9 Å². The quantitative estimate of drug-likeness (QED) is 0.266. The molecule has 7 rings (SSSR count). The van der Waals surface area contributed by atoms with Crippen LogP contribution in [0.15, 0.2) is 79.4 Å². The molecule has 0 atom stereocenters. The fourth-order valence-electron chi connectivity index (χ4n) is 5.60. The number of hydrogen-bond donors (Lipinski definition) is 2. The molecule has 5 aromatic heterocycles. The molecule has 0 amide bonds. The van der Waals surface area contributed by atoms with E-state index in [4.69, 9.17) is 21.0 Å². The van der Waals surface area contributed by atoms with Crippen molar-refractivity contribution in [2.75, 3.05) is 24.1 Å². The number of nitriles is 1. The topological polar surface area (TPSA) is 160 Å². The molecule has 12 nitrogen and oxygen atoms in total. The van der Waals surface area contributed by atoms with E-state index < -0.39 is 0 Å². The third kappa shape index (κ3) is 5.89. The van der Waals surface area contributed by atoms with E-state index >= 15 is 0 Å². The molecule has 0 spiro atoms. The van der Waals surface area contributed by atoms with Gasteiger partial charge < -0.3 is 11.1 Å². The van der Waals surface area contributed by atoms with Gasteiger partial charge in [-0.2, -0.15) is 5.26 Å². The summed E-state index contributed by atoms with van der Waals surface area (Å²) < 4.78 is 2.03. The fraction of sp³-hybridized carbons (Fsp3) is 0.212. The Morgan fingerprint density at radius 2 is 1.73 bits per heavy atom. The lowest BCUT2D eigenvalue weighted by Gasteiger charge is -2.32. The van der Waals surface area contributed by atoms with Crippen molar-refractivity contribution in [3.8, 4) is 34.5 Å². The van der Waals surface area contributed by atoms with Crippen LogP contribution in [-0.2, 0) is 6.54 Å². The van der Waals surface area contributed by atoms with E-state index in [0.717, 1.165) is 54.9 Å². The van der Waals surface area contributed by atoms with Gasteiger partial charge in [-0.05, 0) is 67.8 Å². The lowest BCUT2D eigenvalue weighted by Crippen LogP contribution is -2.38. The highest BCUT2D eigenvalue weighted by Crippen LogP contribution is 2.31. The minimum atomic E-state index is 0.178. The largest absolute Gasteiger partial charge is 0.383 e. The van der Waals surface area contributed by atoms with Crippen molar-refractivity contribution in [1.29, 1.82) is 5.26 Å². The van der Waals surface area contributed by atoms with Crippen LogP contribution < -0.4 is 11.1 Å². The molecule has 0 saturated carbocycles. The van der Waals surface area contributed by atoms with E-state index in [1.165, 1.54) is 5.56 Å². The number of nitrogens with zero attached hydrogens (tertiary/aromatic N) is 10. The summed E-state index contributed by atoms with van der Waals surface area (Å²) in [6, 6.07) is 20.3. The number of aryl methyl sites for hydroxylation is 1. The molecule has 0 unspecified atom stereocenters. The lowest BCUT2D eigenvalue weighted by atomic mass is 10.0. The zero-order chi connectivity index (χ0) is 30.8. The minimum absolute atomic E-state index is 0.178. The molecule has 1 saturated heterocycles. The second-order valence-corrected chi connectivity index (χ2v) is 11.0. The van der Waals surface area contributed by atoms with Crippen molar-refractivity contribution < 1.29 is 0 Å². The first-order valence-corrected chi connectivity index (χ1v) is 14.7. The number of rotatable bonds is 7. The number of hydrogen-bond acceptors (Lipinski definition) is 11. The number of anilines is 2. The molecule has 3 N–H and O–H groups in total. The third-order valence-electron chi connectivity index (χ3n) is 7.92. The smallest absolute Gasteiger partial charge is 0.234 e. The first-order valence-electron chi connectivity index (χ1n) is 14.7. The SMILES string of the molecule is Cc1cnc(-c2ccc3nc(-c4cccnc4N)n(-c4ccc(CN5CCC(Nc6ccnc(C#N)n6)CC5)cc4)c3n2)cn1. The number of nitrogen functional groups attached to an aromatic ring is 1. The van der Waals surface area contributed by atoms with Gasteiger partial charge in [-0.3, -0.25) is 19.4 Å². The lowest BCUT2D eigenvalue weighted by molar-refractivity contribution is 0.211. The molecule has 0 aliphatic carbocycles. The molecule has 45 heavy (non-hydrogen) atoms. The fourth-order valence-corrected chi connectivity index (χ4v) is 5.60. The van der Waals surface area contributed by atoms with Crippen LogP contribution in [-0.4, -0.2) is 63.5 Å². The second-order valence-electron chi connectivity index (χ2n) is 11.0. The van der Waals surface area contributed by atoms with Crippen LogP contribution >= 0.6 is 0 Å². The van der Waals surface area contributed by atoms with Gasteiger partial charge in [0.15, 0.2) is 11.5 Å². The maximum atomic E-state index is 9.07. The van der Waals surface area contributed by atoms with Gasteiger partial charge in [0.25, 0.3) is 0 Å². The van der Waals surface area contributed by atoms with Gasteiger partial charge in [-0.1, -0.05) is 12.1 Å². The number of fused-ring (bicyclic) bond motifs is 1. The molecule has 1 fully saturated rings. The summed E-state index contributed by atoms with van der Waals surface area (Å²) in [6.07, 6.45) is 8.73. The first kappa shape index (κ1) is 28.0. The van der Waals surface area contributed by atoms with Crippen molar-refractivity contribution in [2.24, 2.45) is 0 Å². The number of pyridine rings is 2. The van der Waals surface area contributed by atoms with E-state index in [1.807, 2.05) is 41.8 Å². The summed E-state index contributed by atoms with van der Waals surface area (Å²) >= 11 is 0. The number of aromatic nitrogens is 8. The third-order valence-corrected chi connectivity index (χ3v) is 7.92. The summed E-state index contributed by atoms with van der Waals surface area (Å²) in [5.74, 6) is 1.95. The molecule has 222 valence electrons. The molecule has 1 aromatic carbocycles. The summed E-state index contributed by atoms with van der Waals surface area (Å²) in [5, 5.41) is 12.5. The van der Waals surface area contributed by atoms with Crippen LogP contribution in [0.25, 0.3) is 39.6 Å². The van der Waals surface area contributed by atoms with E-state index in [1.54, 1.807) is 30.9 Å². The summed E-state index contributed by atoms with van der Waals surface area (Å²) in [7, 11) is 0. The normalized spacial score (nSPS) is 14.0. The number of nitrogens with one attached hydrogen (secondary N) is 1. The van der Waals surface area contributed by atoms with Gasteiger partial charge in [-0.15, -0.1) is 0 Å². The summed E-state index contributed by atoms with van der Waals surface area (Å²) in [5.41, 5.74) is 12.9. The maximum absolute atomic E-state index is 9.07. The van der Waals surface area contributed by atoms with E-state index in [9.17, 15) is 0 Å². The average Bonchev–Trinajstić information content (AvgIpc) is 3.45. The highest BCUT2D eigenvalue weighted by Gasteiger charge is 2.21. The van der Waals surface area contributed by atoms with Crippen molar-refractivity contribution in [3.05, 3.63) is 96.5 Å². The Bertz CT molecular complexity index is 2000. The van der Waals surface area contributed by atoms with Crippen LogP contribution in [0.5, 0.6) is 0 Å². The molecule has 6 heterocycles. The van der Waals surface area contributed by atoms with Crippen molar-refractivity contribution in [1.82, 2.24) is 44.4 Å². The minimum Gasteiger partial charge on any atom is -0.383 e. The number of piperidine rings is 1. The zero-order valence-electron chi connectivity index (χ0n) is 24.7. The van der Waals surface area contributed by atoms with E-state index in [0.29, 0.717) is 40.5 Å². The molecule has 6 aromatic rings. The predicted molar refractivity (Wildman–Crippen MR) is 171 cm³/mol. The number of nitrogens with two attached hydrogens (primary N) is 1. The van der Waals surface area contributed by atoms with Crippen molar-refractivity contribution in [3.63, 3.8) is 0 Å². The standard InChI is InChI=1S/C33H30N12/c1-21-18-39-28(19-38-21)26-8-9-27-33(41-26)45(32(42-27)25-3-2-13-37-31(25)35)24-6-4-22(5-7-24)20-44-15-11-23(12-16-44)40-29-10-14-36-30(17-34)43-29/h2-10,13-14,18-19,23H,11-12,15-16,20H2,1H3,(H2,35,37)(H,36,40,43). The van der Waals surface area contributed by atoms with Crippen LogP contribution in [0, 0.1) is 18.3 Å². The van der Waals surface area contributed by atoms with Gasteiger partial charge in [0, 0.05) is 50.0 Å². The summed E-state index contributed by atoms with van der Waals surface area (Å²) in [6.45, 7) is 4.67. The zero-order valence-corrected chi connectivity index (χ0v) is 24.7. The van der Waals surface area contributed by atoms with Gasteiger partial charge in [0.05, 0.1) is 23.1 Å². The number of imidazole rings is 1. The van der Waals surface area contributed by atoms with Crippen molar-refractivity contribution in [2.45, 2.75) is 32.4 Å². The highest BCUT2D eigenvalue weighted by atomic mass is 15.2. The number of benzene rings is 1. The Morgan fingerprint density at radius 1 is 0.889 bits per heavy atom. The Kier molecular flexibility index (Phi) is 7.51. The summed E-state index contributed by atoms with van der Waals surface area (Å²) in [4.78, 5) is 33.8. The van der Waals surface area contributed by atoms with Gasteiger partial charge in [0.2, 0.25) is 5.82 Å². The molecule has 0 radical (unpaired) electrons. The Morgan fingerprint density at radius 3 is 2.49 bits per heavy atom. The van der Waals surface area contributed by atoms with Gasteiger partial charge in [0.1, 0.15) is 28.9 Å². The van der Waals surface area contributed by atoms with Gasteiger partial charge >= 0.3 is 0 Å². The average molecular weight is 595 g/mol. The molecule has 0 bridgehead atoms. The molecule has 12 heteroatoms. The highest BCUT2D eigenvalue weighted by molar-refractivity contribution is 5.84.